The summed E-state index contributed by atoms with van der Waals surface area (Å²) in [6, 6.07) is 12.1. The molecule has 0 aliphatic carbocycles. The number of nitrogens with one attached hydrogen (secondary N) is 1. The van der Waals surface area contributed by atoms with Gasteiger partial charge in [-0.05, 0) is 40.5 Å². The van der Waals surface area contributed by atoms with E-state index in [1.54, 1.807) is 12.1 Å². The lowest BCUT2D eigenvalue weighted by Gasteiger charge is -2.13. The first kappa shape index (κ1) is 13.7. The van der Waals surface area contributed by atoms with Crippen LogP contribution in [0.2, 0.25) is 0 Å². The molecular formula is C14H14BrN3O. The van der Waals surface area contributed by atoms with Crippen LogP contribution in [0.15, 0.2) is 47.1 Å². The third-order valence-electron chi connectivity index (χ3n) is 2.75. The van der Waals surface area contributed by atoms with Crippen molar-refractivity contribution in [2.75, 3.05) is 5.32 Å². The number of pyridine rings is 1. The summed E-state index contributed by atoms with van der Waals surface area (Å²) in [6.45, 7) is 1.83. The van der Waals surface area contributed by atoms with Crippen LogP contribution in [0.4, 0.5) is 5.69 Å². The quantitative estimate of drug-likeness (QED) is 0.855. The van der Waals surface area contributed by atoms with E-state index in [1.165, 1.54) is 0 Å². The van der Waals surface area contributed by atoms with Crippen LogP contribution in [0.25, 0.3) is 0 Å². The minimum absolute atomic E-state index is 0.251. The molecule has 0 saturated carbocycles. The van der Waals surface area contributed by atoms with Crippen molar-refractivity contribution in [3.8, 4) is 0 Å². The van der Waals surface area contributed by atoms with E-state index in [4.69, 9.17) is 5.73 Å². The Balaban J connectivity index is 2.13. The number of rotatable bonds is 3. The molecule has 0 aliphatic rings. The molecule has 4 nitrogen and oxygen atoms in total. The van der Waals surface area contributed by atoms with E-state index >= 15 is 0 Å². The van der Waals surface area contributed by atoms with Crippen molar-refractivity contribution in [2.45, 2.75) is 13.0 Å². The normalized spacial score (nSPS) is 11.9. The van der Waals surface area contributed by atoms with Crippen molar-refractivity contribution in [2.24, 2.45) is 5.73 Å². The molecule has 3 N–H and O–H groups in total. The molecule has 1 aromatic heterocycles. The molecule has 2 rings (SSSR count). The van der Waals surface area contributed by atoms with E-state index in [0.29, 0.717) is 5.69 Å². The molecular weight excluding hydrogens is 306 g/mol. The molecule has 19 heavy (non-hydrogen) atoms. The van der Waals surface area contributed by atoms with E-state index in [0.717, 1.165) is 15.9 Å². The number of nitrogens with zero attached hydrogens (tertiary/aromatic N) is 1. The van der Waals surface area contributed by atoms with Crippen LogP contribution in [0.5, 0.6) is 0 Å². The van der Waals surface area contributed by atoms with Gasteiger partial charge < -0.3 is 11.1 Å². The number of benzene rings is 1. The molecule has 98 valence electrons. The first-order valence-corrected chi connectivity index (χ1v) is 6.62. The van der Waals surface area contributed by atoms with Gasteiger partial charge in [0.2, 0.25) is 5.91 Å². The monoisotopic (exact) mass is 319 g/mol. The van der Waals surface area contributed by atoms with Gasteiger partial charge in [0.1, 0.15) is 10.6 Å². The number of nitrogens with two attached hydrogens (primary N) is 1. The molecule has 0 radical (unpaired) electrons. The smallest absolute Gasteiger partial charge is 0.245 e. The molecule has 0 aliphatic heterocycles. The highest BCUT2D eigenvalue weighted by Gasteiger charge is 2.16. The van der Waals surface area contributed by atoms with Gasteiger partial charge in [-0.1, -0.05) is 30.3 Å². The van der Waals surface area contributed by atoms with Gasteiger partial charge in [0.15, 0.2) is 0 Å². The molecule has 0 saturated heterocycles. The van der Waals surface area contributed by atoms with Crippen LogP contribution < -0.4 is 11.1 Å². The predicted molar refractivity (Wildman–Crippen MR) is 78.7 cm³/mol. The molecule has 1 atom stereocenters. The van der Waals surface area contributed by atoms with Gasteiger partial charge in [-0.2, -0.15) is 0 Å². The van der Waals surface area contributed by atoms with Crippen molar-refractivity contribution in [3.05, 3.63) is 58.3 Å². The third-order valence-corrected chi connectivity index (χ3v) is 3.19. The van der Waals surface area contributed by atoms with Crippen molar-refractivity contribution in [1.82, 2.24) is 4.98 Å². The fourth-order valence-corrected chi connectivity index (χ4v) is 2.08. The standard InChI is InChI=1S/C14H14BrN3O/c1-9-11(7-8-12(15)17-9)18-14(19)13(16)10-5-3-2-4-6-10/h2-8,13H,16H2,1H3,(H,18,19)/t13-/m0/s1. The van der Waals surface area contributed by atoms with Crippen LogP contribution in [-0.2, 0) is 4.79 Å². The number of carbonyl (C=O) groups is 1. The second-order valence-electron chi connectivity index (χ2n) is 4.14. The van der Waals surface area contributed by atoms with Crippen LogP contribution in [0.3, 0.4) is 0 Å². The topological polar surface area (TPSA) is 68.0 Å². The average Bonchev–Trinajstić information content (AvgIpc) is 2.42. The summed E-state index contributed by atoms with van der Waals surface area (Å²) in [7, 11) is 0. The second kappa shape index (κ2) is 5.95. The van der Waals surface area contributed by atoms with Gasteiger partial charge in [0, 0.05) is 0 Å². The van der Waals surface area contributed by atoms with E-state index in [2.05, 4.69) is 26.2 Å². The maximum absolute atomic E-state index is 12.1. The maximum atomic E-state index is 12.1. The number of aryl methyl sites for hydroxylation is 1. The summed E-state index contributed by atoms with van der Waals surface area (Å²) in [5, 5.41) is 2.79. The van der Waals surface area contributed by atoms with Crippen LogP contribution in [0, 0.1) is 6.92 Å². The molecule has 5 heteroatoms. The van der Waals surface area contributed by atoms with Gasteiger partial charge in [-0.15, -0.1) is 0 Å². The summed E-state index contributed by atoms with van der Waals surface area (Å²) in [4.78, 5) is 16.3. The predicted octanol–water partition coefficient (Wildman–Crippen LogP) is 2.79. The molecule has 0 unspecified atom stereocenters. The first-order valence-electron chi connectivity index (χ1n) is 5.82. The highest BCUT2D eigenvalue weighted by molar-refractivity contribution is 9.10. The Morgan fingerprint density at radius 3 is 2.58 bits per heavy atom. The van der Waals surface area contributed by atoms with Gasteiger partial charge in [-0.25, -0.2) is 4.98 Å². The SMILES string of the molecule is Cc1nc(Br)ccc1NC(=O)[C@@H](N)c1ccccc1. The van der Waals surface area contributed by atoms with Crippen LogP contribution in [0.1, 0.15) is 17.3 Å². The van der Waals surface area contributed by atoms with E-state index in [9.17, 15) is 4.79 Å². The van der Waals surface area contributed by atoms with Gasteiger partial charge in [0.05, 0.1) is 11.4 Å². The van der Waals surface area contributed by atoms with E-state index in [1.807, 2.05) is 37.3 Å². The fourth-order valence-electron chi connectivity index (χ4n) is 1.68. The Morgan fingerprint density at radius 1 is 1.26 bits per heavy atom. The van der Waals surface area contributed by atoms with E-state index in [-0.39, 0.29) is 5.91 Å². The second-order valence-corrected chi connectivity index (χ2v) is 4.96. The number of hydrogen-bond donors (Lipinski definition) is 2. The van der Waals surface area contributed by atoms with Crippen molar-refractivity contribution < 1.29 is 4.79 Å². The maximum Gasteiger partial charge on any atom is 0.245 e. The molecule has 1 amide bonds. The number of carbonyl (C=O) groups excluding carboxylic acids is 1. The molecule has 2 aromatic rings. The van der Waals surface area contributed by atoms with Gasteiger partial charge in [-0.3, -0.25) is 4.79 Å². The zero-order valence-electron chi connectivity index (χ0n) is 10.4. The highest BCUT2D eigenvalue weighted by Crippen LogP contribution is 2.18. The lowest BCUT2D eigenvalue weighted by atomic mass is 10.1. The summed E-state index contributed by atoms with van der Waals surface area (Å²) in [6.07, 6.45) is 0. The Morgan fingerprint density at radius 2 is 1.95 bits per heavy atom. The average molecular weight is 320 g/mol. The number of aromatic nitrogens is 1. The Bertz CT molecular complexity index is 586. The largest absolute Gasteiger partial charge is 0.323 e. The first-order chi connectivity index (χ1) is 9.08. The molecule has 1 aromatic carbocycles. The third kappa shape index (κ3) is 3.39. The van der Waals surface area contributed by atoms with E-state index < -0.39 is 6.04 Å². The van der Waals surface area contributed by atoms with Gasteiger partial charge in [0.25, 0.3) is 0 Å². The molecule has 0 spiro atoms. The molecule has 0 fully saturated rings. The number of anilines is 1. The van der Waals surface area contributed by atoms with Crippen molar-refractivity contribution in [3.63, 3.8) is 0 Å². The lowest BCUT2D eigenvalue weighted by molar-refractivity contribution is -0.117. The number of hydrogen-bond acceptors (Lipinski definition) is 3. The number of halogens is 1. The molecule has 0 bridgehead atoms. The number of amides is 1. The highest BCUT2D eigenvalue weighted by atomic mass is 79.9. The Labute approximate surface area is 120 Å². The zero-order valence-corrected chi connectivity index (χ0v) is 12.0. The summed E-state index contributed by atoms with van der Waals surface area (Å²) < 4.78 is 0.732. The molecule has 1 heterocycles. The van der Waals surface area contributed by atoms with Crippen LogP contribution in [-0.4, -0.2) is 10.9 Å². The van der Waals surface area contributed by atoms with Gasteiger partial charge >= 0.3 is 0 Å². The van der Waals surface area contributed by atoms with Crippen molar-refractivity contribution in [1.29, 1.82) is 0 Å². The summed E-state index contributed by atoms with van der Waals surface area (Å²) in [5.74, 6) is -0.251. The lowest BCUT2D eigenvalue weighted by Crippen LogP contribution is -2.28. The summed E-state index contributed by atoms with van der Waals surface area (Å²) in [5.41, 5.74) is 8.11. The van der Waals surface area contributed by atoms with Crippen LogP contribution >= 0.6 is 15.9 Å². The fraction of sp³-hybridized carbons (Fsp3) is 0.143. The van der Waals surface area contributed by atoms with Crippen molar-refractivity contribution >= 4 is 27.5 Å². The Kier molecular flexibility index (Phi) is 4.29. The minimum Gasteiger partial charge on any atom is -0.323 e. The summed E-state index contributed by atoms with van der Waals surface area (Å²) >= 11 is 3.28. The Hall–Kier alpha value is -1.72. The zero-order chi connectivity index (χ0) is 13.8. The minimum atomic E-state index is -0.691.